The molecule has 3 aromatic carbocycles. The number of carbonyl (C=O) groups excluding carboxylic acids is 5. The average Bonchev–Trinajstić information content (AvgIpc) is 3.22. The van der Waals surface area contributed by atoms with Gasteiger partial charge in [-0.1, -0.05) is 12.1 Å². The Morgan fingerprint density at radius 3 is 2.27 bits per heavy atom. The van der Waals surface area contributed by atoms with Gasteiger partial charge >= 0.3 is 0 Å². The van der Waals surface area contributed by atoms with Crippen LogP contribution in [0, 0.1) is 13.8 Å². The van der Waals surface area contributed by atoms with Crippen LogP contribution < -0.4 is 15.5 Å². The van der Waals surface area contributed by atoms with E-state index in [0.29, 0.717) is 11.4 Å². The van der Waals surface area contributed by atoms with E-state index < -0.39 is 29.5 Å². The molecule has 0 spiro atoms. The van der Waals surface area contributed by atoms with Crippen molar-refractivity contribution in [2.24, 2.45) is 0 Å². The molecule has 5 rings (SSSR count). The van der Waals surface area contributed by atoms with Crippen molar-refractivity contribution in [3.05, 3.63) is 93.5 Å². The number of hydrogen-bond acceptors (Lipinski definition) is 5. The molecule has 2 aliphatic rings. The largest absolute Gasteiger partial charge is 0.322 e. The molecule has 0 radical (unpaired) electrons. The highest BCUT2D eigenvalue weighted by atomic mass is 16.2. The summed E-state index contributed by atoms with van der Waals surface area (Å²) in [5, 5.41) is 4.85. The fourth-order valence-electron chi connectivity index (χ4n) is 4.03. The number of hydrogen-bond donors (Lipinski definition) is 2. The second-order valence-electron chi connectivity index (χ2n) is 7.92. The first-order valence-electron chi connectivity index (χ1n) is 10.2. The third-order valence-electron chi connectivity index (χ3n) is 5.96. The maximum Gasteiger partial charge on any atom is 0.266 e. The summed E-state index contributed by atoms with van der Waals surface area (Å²) in [4.78, 5) is 63.5. The molecule has 0 saturated carbocycles. The topological polar surface area (TPSA) is 113 Å². The predicted octanol–water partition coefficient (Wildman–Crippen LogP) is 3.24. The van der Waals surface area contributed by atoms with E-state index in [1.54, 1.807) is 12.1 Å². The molecule has 2 N–H and O–H groups in total. The predicted molar refractivity (Wildman–Crippen MR) is 120 cm³/mol. The van der Waals surface area contributed by atoms with Crippen molar-refractivity contribution in [1.29, 1.82) is 0 Å². The Morgan fingerprint density at radius 2 is 1.48 bits per heavy atom. The molecule has 0 atom stereocenters. The lowest BCUT2D eigenvalue weighted by molar-refractivity contribution is 0.0874. The smallest absolute Gasteiger partial charge is 0.266 e. The van der Waals surface area contributed by atoms with Crippen LogP contribution in [0.5, 0.6) is 0 Å². The van der Waals surface area contributed by atoms with Crippen LogP contribution in [-0.4, -0.2) is 29.5 Å². The van der Waals surface area contributed by atoms with E-state index in [1.165, 1.54) is 36.4 Å². The molecule has 162 valence electrons. The number of nitrogens with one attached hydrogen (secondary N) is 2. The van der Waals surface area contributed by atoms with Gasteiger partial charge in [0.15, 0.2) is 0 Å². The van der Waals surface area contributed by atoms with Gasteiger partial charge in [0.25, 0.3) is 29.5 Å². The van der Waals surface area contributed by atoms with Gasteiger partial charge in [-0.2, -0.15) is 0 Å². The highest BCUT2D eigenvalue weighted by Gasteiger charge is 2.38. The van der Waals surface area contributed by atoms with E-state index in [0.717, 1.165) is 16.0 Å². The van der Waals surface area contributed by atoms with Crippen LogP contribution in [0.3, 0.4) is 0 Å². The zero-order chi connectivity index (χ0) is 23.4. The number of carbonyl (C=O) groups is 5. The number of fused-ring (bicyclic) bond motifs is 2. The monoisotopic (exact) mass is 439 g/mol. The third kappa shape index (κ3) is 3.11. The molecule has 0 saturated heterocycles. The lowest BCUT2D eigenvalue weighted by Gasteiger charge is -2.17. The fraction of sp³-hybridized carbons (Fsp3) is 0.0800. The summed E-state index contributed by atoms with van der Waals surface area (Å²) in [6.07, 6.45) is 0. The maximum atomic E-state index is 13.1. The molecule has 8 nitrogen and oxygen atoms in total. The SMILES string of the molecule is Cc1cccc(N2C(=O)c3ccc(C(=O)Nc4ccc5c(c4)C(=O)NC5=O)cc3C2=O)c1C. The second kappa shape index (κ2) is 7.23. The number of imide groups is 2. The second-order valence-corrected chi connectivity index (χ2v) is 7.92. The molecular weight excluding hydrogens is 422 g/mol. The minimum absolute atomic E-state index is 0.146. The summed E-state index contributed by atoms with van der Waals surface area (Å²) >= 11 is 0. The lowest BCUT2D eigenvalue weighted by atomic mass is 10.0. The molecule has 0 bridgehead atoms. The Balaban J connectivity index is 1.44. The molecule has 0 aromatic heterocycles. The van der Waals surface area contributed by atoms with Crippen molar-refractivity contribution in [1.82, 2.24) is 5.32 Å². The molecule has 0 unspecified atom stereocenters. The summed E-state index contributed by atoms with van der Waals surface area (Å²) < 4.78 is 0. The van der Waals surface area contributed by atoms with Gasteiger partial charge in [0, 0.05) is 11.3 Å². The van der Waals surface area contributed by atoms with Gasteiger partial charge in [-0.25, -0.2) is 4.90 Å². The van der Waals surface area contributed by atoms with Gasteiger partial charge in [0.1, 0.15) is 0 Å². The number of benzene rings is 3. The van der Waals surface area contributed by atoms with Crippen molar-refractivity contribution in [3.63, 3.8) is 0 Å². The Kier molecular flexibility index (Phi) is 4.45. The first-order valence-corrected chi connectivity index (χ1v) is 10.2. The Labute approximate surface area is 188 Å². The number of rotatable bonds is 3. The van der Waals surface area contributed by atoms with Gasteiger partial charge < -0.3 is 5.32 Å². The van der Waals surface area contributed by atoms with Gasteiger partial charge in [0.2, 0.25) is 0 Å². The summed E-state index contributed by atoms with van der Waals surface area (Å²) in [5.74, 6) is -2.47. The maximum absolute atomic E-state index is 13.1. The molecule has 0 aliphatic carbocycles. The molecule has 2 aliphatic heterocycles. The zero-order valence-electron chi connectivity index (χ0n) is 17.7. The van der Waals surface area contributed by atoms with Gasteiger partial charge in [-0.15, -0.1) is 0 Å². The number of anilines is 2. The molecule has 3 aromatic rings. The van der Waals surface area contributed by atoms with E-state index in [-0.39, 0.29) is 27.8 Å². The molecule has 5 amide bonds. The van der Waals surface area contributed by atoms with E-state index in [2.05, 4.69) is 10.6 Å². The summed E-state index contributed by atoms with van der Waals surface area (Å²) in [5.41, 5.74) is 3.58. The van der Waals surface area contributed by atoms with E-state index in [9.17, 15) is 24.0 Å². The van der Waals surface area contributed by atoms with Crippen LogP contribution in [0.4, 0.5) is 11.4 Å². The van der Waals surface area contributed by atoms with E-state index in [4.69, 9.17) is 0 Å². The van der Waals surface area contributed by atoms with Crippen molar-refractivity contribution in [3.8, 4) is 0 Å². The molecule has 2 heterocycles. The van der Waals surface area contributed by atoms with Gasteiger partial charge in [-0.05, 0) is 67.4 Å². The number of nitrogens with zero attached hydrogens (tertiary/aromatic N) is 1. The lowest BCUT2D eigenvalue weighted by Crippen LogP contribution is -2.30. The number of amides is 5. The quantitative estimate of drug-likeness (QED) is 0.609. The summed E-state index contributed by atoms with van der Waals surface area (Å²) in [6.45, 7) is 3.75. The third-order valence-corrected chi connectivity index (χ3v) is 5.96. The summed E-state index contributed by atoms with van der Waals surface area (Å²) in [6, 6.07) is 14.1. The van der Waals surface area contributed by atoms with Crippen molar-refractivity contribution in [2.45, 2.75) is 13.8 Å². The van der Waals surface area contributed by atoms with Crippen molar-refractivity contribution >= 4 is 40.9 Å². The molecule has 33 heavy (non-hydrogen) atoms. The van der Waals surface area contributed by atoms with Crippen LogP contribution in [0.15, 0.2) is 54.6 Å². The van der Waals surface area contributed by atoms with Crippen molar-refractivity contribution in [2.75, 3.05) is 10.2 Å². The zero-order valence-corrected chi connectivity index (χ0v) is 17.7. The minimum atomic E-state index is -0.528. The normalized spacial score (nSPS) is 14.3. The van der Waals surface area contributed by atoms with E-state index in [1.807, 2.05) is 19.9 Å². The Morgan fingerprint density at radius 1 is 0.788 bits per heavy atom. The standard InChI is InChI=1S/C25H17N3O5/c1-12-4-3-5-20(13(12)2)28-24(32)17-8-6-14(10-19(17)25(28)33)21(29)26-15-7-9-16-18(11-15)23(31)27-22(16)30/h3-11H,1-2H3,(H,26,29)(H,27,30,31). The fourth-order valence-corrected chi connectivity index (χ4v) is 4.03. The Hall–Kier alpha value is -4.59. The minimum Gasteiger partial charge on any atom is -0.322 e. The summed E-state index contributed by atoms with van der Waals surface area (Å²) in [7, 11) is 0. The number of aryl methyl sites for hydroxylation is 1. The van der Waals surface area contributed by atoms with Gasteiger partial charge in [-0.3, -0.25) is 29.3 Å². The first kappa shape index (κ1) is 20.3. The van der Waals surface area contributed by atoms with Crippen LogP contribution in [-0.2, 0) is 0 Å². The molecule has 0 fully saturated rings. The van der Waals surface area contributed by atoms with Crippen molar-refractivity contribution < 1.29 is 24.0 Å². The van der Waals surface area contributed by atoms with Crippen LogP contribution in [0.25, 0.3) is 0 Å². The van der Waals surface area contributed by atoms with E-state index >= 15 is 0 Å². The highest BCUT2D eigenvalue weighted by molar-refractivity contribution is 6.35. The molecular formula is C25H17N3O5. The van der Waals surface area contributed by atoms with Gasteiger partial charge in [0.05, 0.1) is 27.9 Å². The Bertz CT molecular complexity index is 1440. The average molecular weight is 439 g/mol. The van der Waals surface area contributed by atoms with Crippen LogP contribution in [0.1, 0.15) is 62.9 Å². The van der Waals surface area contributed by atoms with Crippen LogP contribution in [0.2, 0.25) is 0 Å². The molecule has 8 heteroatoms. The first-order chi connectivity index (χ1) is 15.8. The highest BCUT2D eigenvalue weighted by Crippen LogP contribution is 2.32. The van der Waals surface area contributed by atoms with Crippen LogP contribution >= 0.6 is 0 Å².